The number of hydrogen-bond acceptors (Lipinski definition) is 1. The second-order valence-electron chi connectivity index (χ2n) is 3.33. The van der Waals surface area contributed by atoms with Crippen molar-refractivity contribution in [1.29, 1.82) is 0 Å². The summed E-state index contributed by atoms with van der Waals surface area (Å²) in [4.78, 5) is 11.3. The van der Waals surface area contributed by atoms with Gasteiger partial charge in [-0.1, -0.05) is 42.5 Å². The molecular formula is C13H9FOS. The summed E-state index contributed by atoms with van der Waals surface area (Å²) in [7, 11) is 0. The monoisotopic (exact) mass is 232 g/mol. The van der Waals surface area contributed by atoms with Crippen molar-refractivity contribution < 1.29 is 9.18 Å². The molecule has 0 heterocycles. The van der Waals surface area contributed by atoms with Crippen LogP contribution in [0.5, 0.6) is 0 Å². The van der Waals surface area contributed by atoms with Crippen LogP contribution in [0.2, 0.25) is 0 Å². The van der Waals surface area contributed by atoms with Crippen LogP contribution in [0.4, 0.5) is 4.39 Å². The first kappa shape index (κ1) is 10.9. The quantitative estimate of drug-likeness (QED) is 0.783. The van der Waals surface area contributed by atoms with Crippen molar-refractivity contribution in [1.82, 2.24) is 0 Å². The Labute approximate surface area is 98.3 Å². The molecule has 0 unspecified atom stereocenters. The Kier molecular flexibility index (Phi) is 3.06. The van der Waals surface area contributed by atoms with Gasteiger partial charge < -0.3 is 0 Å². The molecule has 2 aromatic carbocycles. The van der Waals surface area contributed by atoms with Gasteiger partial charge in [0.25, 0.3) is 0 Å². The Morgan fingerprint density at radius 1 is 1.00 bits per heavy atom. The van der Waals surface area contributed by atoms with E-state index in [9.17, 15) is 9.18 Å². The Bertz CT molecular complexity index is 523. The standard InChI is InChI=1S/C13H9FOS/c14-11-8-4-7-10(12(11)13(15)16)9-5-2-1-3-6-9/h1-8H,(H,15,16). The lowest BCUT2D eigenvalue weighted by molar-refractivity contribution is 0.108. The second-order valence-corrected chi connectivity index (χ2v) is 3.74. The van der Waals surface area contributed by atoms with Crippen LogP contribution < -0.4 is 0 Å². The van der Waals surface area contributed by atoms with Gasteiger partial charge in [0.05, 0.1) is 5.56 Å². The van der Waals surface area contributed by atoms with E-state index in [1.165, 1.54) is 6.07 Å². The predicted molar refractivity (Wildman–Crippen MR) is 65.2 cm³/mol. The first-order valence-electron chi connectivity index (χ1n) is 4.77. The van der Waals surface area contributed by atoms with Gasteiger partial charge in [-0.25, -0.2) is 4.39 Å². The average Bonchev–Trinajstić information content (AvgIpc) is 2.29. The molecule has 2 rings (SSSR count). The summed E-state index contributed by atoms with van der Waals surface area (Å²) in [6.45, 7) is 0. The van der Waals surface area contributed by atoms with Gasteiger partial charge in [-0.2, -0.15) is 0 Å². The van der Waals surface area contributed by atoms with E-state index >= 15 is 0 Å². The minimum atomic E-state index is -0.558. The molecule has 0 fully saturated rings. The van der Waals surface area contributed by atoms with E-state index in [4.69, 9.17) is 0 Å². The van der Waals surface area contributed by atoms with E-state index in [2.05, 4.69) is 12.6 Å². The van der Waals surface area contributed by atoms with Crippen LogP contribution in [0.3, 0.4) is 0 Å². The lowest BCUT2D eigenvalue weighted by Crippen LogP contribution is -1.98. The third-order valence-corrected chi connectivity index (χ3v) is 2.54. The van der Waals surface area contributed by atoms with E-state index in [0.717, 1.165) is 5.56 Å². The molecule has 0 spiro atoms. The third kappa shape index (κ3) is 1.99. The van der Waals surface area contributed by atoms with Gasteiger partial charge in [-0.3, -0.25) is 4.79 Å². The van der Waals surface area contributed by atoms with E-state index in [0.29, 0.717) is 5.56 Å². The number of halogens is 1. The van der Waals surface area contributed by atoms with Crippen LogP contribution in [0.15, 0.2) is 48.5 Å². The summed E-state index contributed by atoms with van der Waals surface area (Å²) >= 11 is 3.70. The molecule has 0 aliphatic carbocycles. The minimum absolute atomic E-state index is 0.0250. The SMILES string of the molecule is O=C(S)c1c(F)cccc1-c1ccccc1. The minimum Gasteiger partial charge on any atom is -0.282 e. The largest absolute Gasteiger partial charge is 0.282 e. The Hall–Kier alpha value is -1.61. The Balaban J connectivity index is 2.66. The van der Waals surface area contributed by atoms with Crippen LogP contribution >= 0.6 is 12.6 Å². The summed E-state index contributed by atoms with van der Waals surface area (Å²) in [5.74, 6) is -0.540. The zero-order valence-electron chi connectivity index (χ0n) is 8.35. The Morgan fingerprint density at radius 2 is 1.69 bits per heavy atom. The van der Waals surface area contributed by atoms with Gasteiger partial charge in [-0.15, -0.1) is 12.6 Å². The van der Waals surface area contributed by atoms with Gasteiger partial charge in [0, 0.05) is 0 Å². The summed E-state index contributed by atoms with van der Waals surface area (Å²) in [5.41, 5.74) is 1.40. The number of carbonyl (C=O) groups excluding carboxylic acids is 1. The number of rotatable bonds is 2. The van der Waals surface area contributed by atoms with Gasteiger partial charge in [0.2, 0.25) is 5.12 Å². The Morgan fingerprint density at radius 3 is 2.31 bits per heavy atom. The summed E-state index contributed by atoms with van der Waals surface area (Å²) in [6, 6.07) is 13.8. The first-order valence-corrected chi connectivity index (χ1v) is 5.22. The van der Waals surface area contributed by atoms with Gasteiger partial charge >= 0.3 is 0 Å². The highest BCUT2D eigenvalue weighted by atomic mass is 32.1. The number of carbonyl (C=O) groups is 1. The summed E-state index contributed by atoms with van der Waals surface area (Å²) < 4.78 is 13.5. The van der Waals surface area contributed by atoms with E-state index < -0.39 is 10.9 Å². The molecule has 0 N–H and O–H groups in total. The van der Waals surface area contributed by atoms with Crippen LogP contribution in [0.25, 0.3) is 11.1 Å². The van der Waals surface area contributed by atoms with Crippen molar-refractivity contribution in [2.24, 2.45) is 0 Å². The maximum absolute atomic E-state index is 13.5. The summed E-state index contributed by atoms with van der Waals surface area (Å²) in [6.07, 6.45) is 0. The molecule has 1 nitrogen and oxygen atoms in total. The van der Waals surface area contributed by atoms with Crippen molar-refractivity contribution in [2.75, 3.05) is 0 Å². The molecule has 16 heavy (non-hydrogen) atoms. The molecule has 0 aliphatic rings. The van der Waals surface area contributed by atoms with Crippen molar-refractivity contribution in [3.05, 3.63) is 59.9 Å². The highest BCUT2D eigenvalue weighted by molar-refractivity contribution is 7.97. The molecular weight excluding hydrogens is 223 g/mol. The maximum atomic E-state index is 13.5. The molecule has 0 amide bonds. The molecule has 0 saturated carbocycles. The van der Waals surface area contributed by atoms with Crippen LogP contribution in [-0.2, 0) is 0 Å². The first-order chi connectivity index (χ1) is 7.70. The van der Waals surface area contributed by atoms with Crippen molar-refractivity contribution >= 4 is 17.7 Å². The second kappa shape index (κ2) is 4.49. The normalized spacial score (nSPS) is 10.1. The van der Waals surface area contributed by atoms with Crippen molar-refractivity contribution in [3.63, 3.8) is 0 Å². The van der Waals surface area contributed by atoms with Crippen LogP contribution in [0.1, 0.15) is 10.4 Å². The van der Waals surface area contributed by atoms with Gasteiger partial charge in [0.15, 0.2) is 0 Å². The van der Waals surface area contributed by atoms with E-state index in [1.54, 1.807) is 12.1 Å². The fourth-order valence-electron chi connectivity index (χ4n) is 1.60. The maximum Gasteiger partial charge on any atom is 0.219 e. The number of thiol groups is 1. The lowest BCUT2D eigenvalue weighted by Gasteiger charge is -2.07. The van der Waals surface area contributed by atoms with Crippen molar-refractivity contribution in [3.8, 4) is 11.1 Å². The number of benzene rings is 2. The molecule has 3 heteroatoms. The molecule has 0 atom stereocenters. The molecule has 2 aromatic rings. The van der Waals surface area contributed by atoms with Gasteiger partial charge in [-0.05, 0) is 17.2 Å². The molecule has 80 valence electrons. The predicted octanol–water partition coefficient (Wildman–Crippen LogP) is 3.56. The van der Waals surface area contributed by atoms with E-state index in [-0.39, 0.29) is 5.56 Å². The fourth-order valence-corrected chi connectivity index (χ4v) is 1.83. The smallest absolute Gasteiger partial charge is 0.219 e. The molecule has 0 radical (unpaired) electrons. The highest BCUT2D eigenvalue weighted by Gasteiger charge is 2.14. The zero-order chi connectivity index (χ0) is 11.5. The highest BCUT2D eigenvalue weighted by Crippen LogP contribution is 2.26. The third-order valence-electron chi connectivity index (χ3n) is 2.31. The lowest BCUT2D eigenvalue weighted by atomic mass is 10.00. The topological polar surface area (TPSA) is 17.1 Å². The fraction of sp³-hybridized carbons (Fsp3) is 0. The summed E-state index contributed by atoms with van der Waals surface area (Å²) in [5, 5.41) is -0.558. The molecule has 0 aliphatic heterocycles. The molecule has 0 saturated heterocycles. The van der Waals surface area contributed by atoms with E-state index in [1.807, 2.05) is 30.3 Å². The van der Waals surface area contributed by atoms with Crippen molar-refractivity contribution in [2.45, 2.75) is 0 Å². The average molecular weight is 232 g/mol. The van der Waals surface area contributed by atoms with Crippen LogP contribution in [0, 0.1) is 5.82 Å². The molecule has 0 aromatic heterocycles. The van der Waals surface area contributed by atoms with Gasteiger partial charge in [0.1, 0.15) is 5.82 Å². The number of hydrogen-bond donors (Lipinski definition) is 1. The zero-order valence-corrected chi connectivity index (χ0v) is 9.25. The van der Waals surface area contributed by atoms with Crippen LogP contribution in [-0.4, -0.2) is 5.12 Å². The molecule has 0 bridgehead atoms.